The molecule has 5 rings (SSSR count). The molecule has 0 bridgehead atoms. The topological polar surface area (TPSA) is 117 Å². The van der Waals surface area contributed by atoms with Crippen LogP contribution in [-0.4, -0.2) is 51.4 Å². The maximum atomic E-state index is 13.1. The van der Waals surface area contributed by atoms with Crippen molar-refractivity contribution in [1.29, 1.82) is 0 Å². The second-order valence-electron chi connectivity index (χ2n) is 8.90. The molecule has 0 spiro atoms. The molecule has 2 aliphatic rings. The molecule has 1 amide bonds. The van der Waals surface area contributed by atoms with E-state index in [1.54, 1.807) is 18.3 Å². The van der Waals surface area contributed by atoms with Gasteiger partial charge in [-0.05, 0) is 37.8 Å². The number of hydrogen-bond acceptors (Lipinski definition) is 7. The number of anilines is 1. The maximum absolute atomic E-state index is 13.1. The average molecular weight is 449 g/mol. The third-order valence-corrected chi connectivity index (χ3v) is 6.59. The number of aliphatic hydroxyl groups excluding tert-OH is 1. The third-order valence-electron chi connectivity index (χ3n) is 6.59. The molecular weight excluding hydrogens is 420 g/mol. The fourth-order valence-electron chi connectivity index (χ4n) is 4.66. The summed E-state index contributed by atoms with van der Waals surface area (Å²) in [5, 5.41) is 28.0. The van der Waals surface area contributed by atoms with E-state index >= 15 is 0 Å². The van der Waals surface area contributed by atoms with Crippen LogP contribution in [0.4, 0.5) is 5.95 Å². The molecule has 1 unspecified atom stereocenters. The number of aliphatic hydroxyl groups is 2. The van der Waals surface area contributed by atoms with Gasteiger partial charge in [0, 0.05) is 29.6 Å². The van der Waals surface area contributed by atoms with Gasteiger partial charge in [-0.2, -0.15) is 0 Å². The van der Waals surface area contributed by atoms with Gasteiger partial charge in [0.25, 0.3) is 5.91 Å². The second kappa shape index (κ2) is 8.96. The summed E-state index contributed by atoms with van der Waals surface area (Å²) >= 11 is 0. The van der Waals surface area contributed by atoms with E-state index in [9.17, 15) is 15.0 Å². The predicted molar refractivity (Wildman–Crippen MR) is 124 cm³/mol. The summed E-state index contributed by atoms with van der Waals surface area (Å²) < 4.78 is 5.64. The molecule has 1 aliphatic heterocycles. The normalized spacial score (nSPS) is 24.5. The first-order valence-corrected chi connectivity index (χ1v) is 11.5. The van der Waals surface area contributed by atoms with Gasteiger partial charge in [0.2, 0.25) is 5.95 Å². The molecule has 1 aliphatic carbocycles. The zero-order valence-electron chi connectivity index (χ0n) is 18.3. The summed E-state index contributed by atoms with van der Waals surface area (Å²) in [6.45, 7) is 0.460. The number of benzene rings is 2. The summed E-state index contributed by atoms with van der Waals surface area (Å²) in [5.41, 5.74) is 0.479. The van der Waals surface area contributed by atoms with E-state index in [1.807, 2.05) is 30.3 Å². The van der Waals surface area contributed by atoms with Crippen molar-refractivity contribution in [3.8, 4) is 5.75 Å². The van der Waals surface area contributed by atoms with E-state index in [0.717, 1.165) is 31.1 Å². The zero-order chi connectivity index (χ0) is 22.8. The van der Waals surface area contributed by atoms with E-state index < -0.39 is 5.60 Å². The van der Waals surface area contributed by atoms with Gasteiger partial charge in [-0.15, -0.1) is 0 Å². The van der Waals surface area contributed by atoms with Crippen LogP contribution in [0.5, 0.6) is 5.75 Å². The number of fused-ring (bicyclic) bond motifs is 2. The van der Waals surface area contributed by atoms with Crippen LogP contribution < -0.4 is 15.4 Å². The molecule has 2 aromatic carbocycles. The molecular formula is C25H28N4O4. The summed E-state index contributed by atoms with van der Waals surface area (Å²) in [5.74, 6) is 0.814. The Balaban J connectivity index is 1.34. The Labute approximate surface area is 192 Å². The van der Waals surface area contributed by atoms with Gasteiger partial charge in [-0.25, -0.2) is 9.97 Å². The van der Waals surface area contributed by atoms with E-state index in [2.05, 4.69) is 20.6 Å². The van der Waals surface area contributed by atoms with Crippen molar-refractivity contribution in [2.75, 3.05) is 18.5 Å². The standard InChI is InChI=1S/C25H28N4O4/c30-18-10-8-17(9-11-18)28-24-26-14-16-4-3-5-19(22(16)29-24)23(31)27-15-25(32)12-13-33-21-7-2-1-6-20(21)25/h1-7,14,17-18,30,32H,8-13,15H2,(H,27,31)(H,26,28,29)/t17-,18-,25?. The lowest BCUT2D eigenvalue weighted by Gasteiger charge is -2.34. The number of nitrogens with zero attached hydrogens (tertiary/aromatic N) is 2. The van der Waals surface area contributed by atoms with Crippen molar-refractivity contribution < 1.29 is 19.7 Å². The monoisotopic (exact) mass is 448 g/mol. The van der Waals surface area contributed by atoms with Gasteiger partial charge in [-0.1, -0.05) is 30.3 Å². The van der Waals surface area contributed by atoms with Crippen LogP contribution in [0.2, 0.25) is 0 Å². The lowest BCUT2D eigenvalue weighted by atomic mass is 9.88. The number of rotatable bonds is 5. The van der Waals surface area contributed by atoms with Crippen molar-refractivity contribution >= 4 is 22.8 Å². The lowest BCUT2D eigenvalue weighted by Crippen LogP contribution is -2.44. The summed E-state index contributed by atoms with van der Waals surface area (Å²) in [7, 11) is 0. The first-order valence-electron chi connectivity index (χ1n) is 11.5. The molecule has 1 fully saturated rings. The molecule has 33 heavy (non-hydrogen) atoms. The van der Waals surface area contributed by atoms with E-state index in [-0.39, 0.29) is 24.6 Å². The number of ether oxygens (including phenoxy) is 1. The predicted octanol–water partition coefficient (Wildman–Crippen LogP) is 2.75. The summed E-state index contributed by atoms with van der Waals surface area (Å²) in [4.78, 5) is 22.2. The quantitative estimate of drug-likeness (QED) is 0.474. The number of aromatic nitrogens is 2. The van der Waals surface area contributed by atoms with Gasteiger partial charge in [0.05, 0.1) is 30.3 Å². The molecule has 172 valence electrons. The highest BCUT2D eigenvalue weighted by Crippen LogP contribution is 2.36. The molecule has 8 nitrogen and oxygen atoms in total. The zero-order valence-corrected chi connectivity index (χ0v) is 18.3. The number of para-hydroxylation sites is 2. The molecule has 8 heteroatoms. The van der Waals surface area contributed by atoms with Crippen molar-refractivity contribution in [3.63, 3.8) is 0 Å². The molecule has 3 aromatic rings. The molecule has 4 N–H and O–H groups in total. The molecule has 0 saturated heterocycles. The highest BCUT2D eigenvalue weighted by atomic mass is 16.5. The van der Waals surface area contributed by atoms with Crippen molar-refractivity contribution in [2.24, 2.45) is 0 Å². The Morgan fingerprint density at radius 1 is 1.12 bits per heavy atom. The number of carbonyl (C=O) groups is 1. The SMILES string of the molecule is O=C(NCC1(O)CCOc2ccccc21)c1cccc2cnc(N[C@H]3CC[C@H](O)CC3)nc12. The van der Waals surface area contributed by atoms with Gasteiger partial charge in [0.15, 0.2) is 0 Å². The minimum atomic E-state index is -1.19. The Hall–Kier alpha value is -3.23. The van der Waals surface area contributed by atoms with Gasteiger partial charge in [0.1, 0.15) is 11.4 Å². The van der Waals surface area contributed by atoms with E-state index in [1.165, 1.54) is 0 Å². The Kier molecular flexibility index (Phi) is 5.86. The summed E-state index contributed by atoms with van der Waals surface area (Å²) in [6, 6.07) is 13.0. The fourth-order valence-corrected chi connectivity index (χ4v) is 4.66. The minimum Gasteiger partial charge on any atom is -0.493 e. The Morgan fingerprint density at radius 3 is 2.79 bits per heavy atom. The number of carbonyl (C=O) groups excluding carboxylic acids is 1. The molecule has 1 aromatic heterocycles. The van der Waals surface area contributed by atoms with Gasteiger partial charge >= 0.3 is 0 Å². The molecule has 1 saturated carbocycles. The number of amides is 1. The van der Waals surface area contributed by atoms with E-state index in [0.29, 0.717) is 41.4 Å². The lowest BCUT2D eigenvalue weighted by molar-refractivity contribution is -0.00159. The smallest absolute Gasteiger partial charge is 0.253 e. The highest BCUT2D eigenvalue weighted by Gasteiger charge is 2.36. The van der Waals surface area contributed by atoms with Crippen LogP contribution >= 0.6 is 0 Å². The van der Waals surface area contributed by atoms with Crippen LogP contribution in [0.25, 0.3) is 10.9 Å². The van der Waals surface area contributed by atoms with Crippen molar-refractivity contribution in [3.05, 3.63) is 59.8 Å². The third kappa shape index (κ3) is 4.49. The number of hydrogen-bond donors (Lipinski definition) is 4. The maximum Gasteiger partial charge on any atom is 0.253 e. The largest absolute Gasteiger partial charge is 0.493 e. The first-order chi connectivity index (χ1) is 16.0. The second-order valence-corrected chi connectivity index (χ2v) is 8.90. The van der Waals surface area contributed by atoms with Crippen LogP contribution in [0, 0.1) is 0 Å². The molecule has 2 heterocycles. The van der Waals surface area contributed by atoms with Crippen LogP contribution in [0.15, 0.2) is 48.7 Å². The molecule has 1 atom stereocenters. The van der Waals surface area contributed by atoms with Crippen molar-refractivity contribution in [1.82, 2.24) is 15.3 Å². The minimum absolute atomic E-state index is 0.0726. The van der Waals surface area contributed by atoms with Crippen LogP contribution in [0.1, 0.15) is 48.0 Å². The Bertz CT molecular complexity index is 1160. The van der Waals surface area contributed by atoms with Crippen molar-refractivity contribution in [2.45, 2.75) is 49.9 Å². The Morgan fingerprint density at radius 2 is 1.94 bits per heavy atom. The highest BCUT2D eigenvalue weighted by molar-refractivity contribution is 6.05. The van der Waals surface area contributed by atoms with E-state index in [4.69, 9.17) is 4.74 Å². The van der Waals surface area contributed by atoms with Gasteiger partial charge in [-0.3, -0.25) is 4.79 Å². The van der Waals surface area contributed by atoms with Crippen LogP contribution in [-0.2, 0) is 5.60 Å². The average Bonchev–Trinajstić information content (AvgIpc) is 2.84. The van der Waals surface area contributed by atoms with Gasteiger partial charge < -0.3 is 25.6 Å². The summed E-state index contributed by atoms with van der Waals surface area (Å²) in [6.07, 6.45) is 5.11. The number of nitrogens with one attached hydrogen (secondary N) is 2. The molecule has 0 radical (unpaired) electrons. The van der Waals surface area contributed by atoms with Crippen LogP contribution in [0.3, 0.4) is 0 Å². The first kappa shape index (κ1) is 21.6. The fraction of sp³-hybridized carbons (Fsp3) is 0.400.